The van der Waals surface area contributed by atoms with Crippen molar-refractivity contribution in [2.45, 2.75) is 39.2 Å². The van der Waals surface area contributed by atoms with Crippen molar-refractivity contribution >= 4 is 21.9 Å². The highest BCUT2D eigenvalue weighted by Crippen LogP contribution is 2.36. The molecule has 0 saturated heterocycles. The molecule has 0 aliphatic carbocycles. The summed E-state index contributed by atoms with van der Waals surface area (Å²) in [6.45, 7) is 2.12. The molecule has 3 rings (SSSR count). The molecular weight excluding hydrogens is 314 g/mol. The van der Waals surface area contributed by atoms with Crippen molar-refractivity contribution in [1.82, 2.24) is 0 Å². The lowest BCUT2D eigenvalue weighted by Crippen LogP contribution is -1.99. The number of benzene rings is 2. The van der Waals surface area contributed by atoms with E-state index in [0.717, 1.165) is 25.7 Å². The second kappa shape index (κ2) is 7.18. The van der Waals surface area contributed by atoms with E-state index < -0.39 is 18.2 Å². The first-order valence-corrected chi connectivity index (χ1v) is 8.23. The van der Waals surface area contributed by atoms with E-state index >= 15 is 0 Å². The van der Waals surface area contributed by atoms with Crippen LogP contribution in [0.2, 0.25) is 0 Å². The Morgan fingerprint density at radius 2 is 1.67 bits per heavy atom. The van der Waals surface area contributed by atoms with Gasteiger partial charge in [-0.2, -0.15) is 4.39 Å². The van der Waals surface area contributed by atoms with E-state index in [-0.39, 0.29) is 22.5 Å². The van der Waals surface area contributed by atoms with Crippen LogP contribution < -0.4 is 4.74 Å². The van der Waals surface area contributed by atoms with E-state index in [4.69, 9.17) is 14.3 Å². The molecule has 0 bridgehead atoms. The van der Waals surface area contributed by atoms with Crippen molar-refractivity contribution in [3.05, 3.63) is 41.5 Å². The molecule has 1 heterocycles. The van der Waals surface area contributed by atoms with Crippen molar-refractivity contribution < 1.29 is 23.0 Å². The molecule has 0 fully saturated rings. The maximum absolute atomic E-state index is 14.6. The van der Waals surface area contributed by atoms with E-state index in [1.807, 2.05) is 0 Å². The van der Waals surface area contributed by atoms with Crippen LogP contribution in [0, 0.1) is 11.6 Å². The first kappa shape index (κ1) is 16.7. The van der Waals surface area contributed by atoms with E-state index in [1.54, 1.807) is 18.2 Å². The molecule has 1 N–H and O–H groups in total. The Kier molecular flexibility index (Phi) is 5.00. The average molecular weight is 334 g/mol. The number of aliphatic hydroxyl groups is 1. The third-order valence-electron chi connectivity index (χ3n) is 4.16. The van der Waals surface area contributed by atoms with Crippen LogP contribution in [0.3, 0.4) is 0 Å². The molecule has 0 spiro atoms. The van der Waals surface area contributed by atoms with Gasteiger partial charge in [-0.05, 0) is 24.6 Å². The van der Waals surface area contributed by atoms with Crippen molar-refractivity contribution in [2.24, 2.45) is 0 Å². The lowest BCUT2D eigenvalue weighted by atomic mass is 10.1. The highest BCUT2D eigenvalue weighted by atomic mass is 19.1. The first-order chi connectivity index (χ1) is 11.7. The molecular formula is C19H20F2O3. The number of hydrogen-bond donors (Lipinski definition) is 1. The van der Waals surface area contributed by atoms with Gasteiger partial charge in [-0.15, -0.1) is 0 Å². The Morgan fingerprint density at radius 3 is 2.38 bits per heavy atom. The van der Waals surface area contributed by atoms with Crippen LogP contribution in [0.1, 0.15) is 38.2 Å². The summed E-state index contributed by atoms with van der Waals surface area (Å²) < 4.78 is 39.8. The average Bonchev–Trinajstić information content (AvgIpc) is 2.97. The predicted molar refractivity (Wildman–Crippen MR) is 89.2 cm³/mol. The zero-order valence-corrected chi connectivity index (χ0v) is 13.6. The lowest BCUT2D eigenvalue weighted by molar-refractivity contribution is 0.275. The third kappa shape index (κ3) is 2.96. The smallest absolute Gasteiger partial charge is 0.208 e. The lowest BCUT2D eigenvalue weighted by Gasteiger charge is -2.07. The number of unbranched alkanes of at least 4 members (excludes halogenated alkanes) is 3. The summed E-state index contributed by atoms with van der Waals surface area (Å²) in [5.74, 6) is -1.17. The van der Waals surface area contributed by atoms with E-state index in [2.05, 4.69) is 6.92 Å². The molecule has 0 saturated carbocycles. The SMILES string of the molecule is CCCCCCOc1ccc2c(oc3c(F)c(CO)ccc32)c1F. The summed E-state index contributed by atoms with van der Waals surface area (Å²) >= 11 is 0. The molecule has 0 aliphatic rings. The van der Waals surface area contributed by atoms with Gasteiger partial charge in [-0.3, -0.25) is 0 Å². The van der Waals surface area contributed by atoms with Crippen LogP contribution in [0.4, 0.5) is 8.78 Å². The topological polar surface area (TPSA) is 42.6 Å². The fraction of sp³-hybridized carbons (Fsp3) is 0.368. The predicted octanol–water partition coefficient (Wildman–Crippen LogP) is 5.32. The monoisotopic (exact) mass is 334 g/mol. The van der Waals surface area contributed by atoms with Crippen molar-refractivity contribution in [3.8, 4) is 5.75 Å². The second-order valence-corrected chi connectivity index (χ2v) is 5.84. The minimum absolute atomic E-state index is 0.0231. The minimum Gasteiger partial charge on any atom is -0.490 e. The maximum atomic E-state index is 14.6. The highest BCUT2D eigenvalue weighted by Gasteiger charge is 2.19. The fourth-order valence-electron chi connectivity index (χ4n) is 2.81. The van der Waals surface area contributed by atoms with E-state index in [9.17, 15) is 8.78 Å². The largest absolute Gasteiger partial charge is 0.490 e. The zero-order valence-electron chi connectivity index (χ0n) is 13.6. The van der Waals surface area contributed by atoms with Crippen LogP contribution in [0.5, 0.6) is 5.75 Å². The number of furan rings is 1. The number of rotatable bonds is 7. The van der Waals surface area contributed by atoms with Gasteiger partial charge in [0.25, 0.3) is 0 Å². The molecule has 5 heteroatoms. The Hall–Kier alpha value is -2.14. The molecule has 0 radical (unpaired) electrons. The first-order valence-electron chi connectivity index (χ1n) is 8.23. The van der Waals surface area contributed by atoms with E-state index in [1.165, 1.54) is 6.07 Å². The van der Waals surface area contributed by atoms with Gasteiger partial charge in [0.05, 0.1) is 13.2 Å². The third-order valence-corrected chi connectivity index (χ3v) is 4.16. The van der Waals surface area contributed by atoms with Crippen LogP contribution in [0.15, 0.2) is 28.7 Å². The van der Waals surface area contributed by atoms with E-state index in [0.29, 0.717) is 17.4 Å². The summed E-state index contributed by atoms with van der Waals surface area (Å²) in [6.07, 6.45) is 4.15. The van der Waals surface area contributed by atoms with Gasteiger partial charge in [-0.25, -0.2) is 4.39 Å². The molecule has 0 amide bonds. The molecule has 128 valence electrons. The minimum atomic E-state index is -0.660. The molecule has 3 nitrogen and oxygen atoms in total. The highest BCUT2D eigenvalue weighted by molar-refractivity contribution is 6.05. The summed E-state index contributed by atoms with van der Waals surface area (Å²) in [4.78, 5) is 0. The van der Waals surface area contributed by atoms with Crippen molar-refractivity contribution in [3.63, 3.8) is 0 Å². The maximum Gasteiger partial charge on any atom is 0.208 e. The molecule has 0 aliphatic heterocycles. The van der Waals surface area contributed by atoms with Crippen LogP contribution >= 0.6 is 0 Å². The van der Waals surface area contributed by atoms with Gasteiger partial charge in [0.15, 0.2) is 22.7 Å². The Balaban J connectivity index is 1.93. The summed E-state index contributed by atoms with van der Waals surface area (Å²) in [5, 5.41) is 10.1. The number of fused-ring (bicyclic) bond motifs is 3. The molecule has 3 aromatic rings. The molecule has 1 aromatic heterocycles. The van der Waals surface area contributed by atoms with Gasteiger partial charge in [-0.1, -0.05) is 32.3 Å². The Morgan fingerprint density at radius 1 is 0.958 bits per heavy atom. The van der Waals surface area contributed by atoms with Gasteiger partial charge in [0.2, 0.25) is 5.82 Å². The van der Waals surface area contributed by atoms with Gasteiger partial charge >= 0.3 is 0 Å². The van der Waals surface area contributed by atoms with Crippen LogP contribution in [-0.2, 0) is 6.61 Å². The molecule has 2 aromatic carbocycles. The van der Waals surface area contributed by atoms with Crippen LogP contribution in [-0.4, -0.2) is 11.7 Å². The van der Waals surface area contributed by atoms with Crippen molar-refractivity contribution in [1.29, 1.82) is 0 Å². The zero-order chi connectivity index (χ0) is 17.1. The normalized spacial score (nSPS) is 11.5. The van der Waals surface area contributed by atoms with Gasteiger partial charge in [0.1, 0.15) is 0 Å². The second-order valence-electron chi connectivity index (χ2n) is 5.84. The molecule has 24 heavy (non-hydrogen) atoms. The number of ether oxygens (including phenoxy) is 1. The summed E-state index contributed by atoms with van der Waals surface area (Å²) in [5.41, 5.74) is 0.0509. The Labute approximate surface area is 138 Å². The van der Waals surface area contributed by atoms with Crippen LogP contribution in [0.25, 0.3) is 21.9 Å². The van der Waals surface area contributed by atoms with Gasteiger partial charge < -0.3 is 14.3 Å². The van der Waals surface area contributed by atoms with Crippen molar-refractivity contribution in [2.75, 3.05) is 6.61 Å². The number of aliphatic hydroxyl groups excluding tert-OH is 1. The quantitative estimate of drug-likeness (QED) is 0.595. The summed E-state index contributed by atoms with van der Waals surface area (Å²) in [7, 11) is 0. The molecule has 0 atom stereocenters. The number of halogens is 2. The standard InChI is InChI=1S/C19H20F2O3/c1-2-3-4-5-10-23-15-9-8-14-13-7-6-12(11-22)16(20)18(13)24-19(14)17(15)21/h6-9,22H,2-5,10-11H2,1H3. The Bertz CT molecular complexity index is 855. The fourth-order valence-corrected chi connectivity index (χ4v) is 2.81. The molecule has 0 unspecified atom stereocenters. The van der Waals surface area contributed by atoms with Gasteiger partial charge in [0, 0.05) is 16.3 Å². The number of hydrogen-bond acceptors (Lipinski definition) is 3. The summed E-state index contributed by atoms with van der Waals surface area (Å²) in [6, 6.07) is 6.32.